The number of esters is 1. The van der Waals surface area contributed by atoms with Gasteiger partial charge in [0, 0.05) is 16.3 Å². The van der Waals surface area contributed by atoms with Crippen molar-refractivity contribution in [2.75, 3.05) is 18.1 Å². The summed E-state index contributed by atoms with van der Waals surface area (Å²) in [5.41, 5.74) is 0.709. The van der Waals surface area contributed by atoms with Gasteiger partial charge < -0.3 is 20.1 Å². The summed E-state index contributed by atoms with van der Waals surface area (Å²) in [5.74, 6) is -1.20. The number of hydrogen-bond donors (Lipinski definition) is 2. The monoisotopic (exact) mass is 543 g/mol. The van der Waals surface area contributed by atoms with Gasteiger partial charge in [-0.05, 0) is 64.3 Å². The lowest BCUT2D eigenvalue weighted by molar-refractivity contribution is -0.156. The fourth-order valence-corrected chi connectivity index (χ4v) is 5.76. The van der Waals surface area contributed by atoms with Crippen molar-refractivity contribution in [3.63, 3.8) is 0 Å². The van der Waals surface area contributed by atoms with Crippen LogP contribution in [0.15, 0.2) is 58.3 Å². The van der Waals surface area contributed by atoms with Crippen LogP contribution in [0.3, 0.4) is 0 Å². The van der Waals surface area contributed by atoms with Crippen molar-refractivity contribution in [2.24, 2.45) is 0 Å². The number of para-hydroxylation sites is 2. The van der Waals surface area contributed by atoms with E-state index in [4.69, 9.17) is 4.74 Å². The van der Waals surface area contributed by atoms with E-state index in [1.165, 1.54) is 4.90 Å². The highest BCUT2D eigenvalue weighted by Crippen LogP contribution is 2.48. The van der Waals surface area contributed by atoms with E-state index in [0.29, 0.717) is 13.0 Å². The molecule has 1 saturated heterocycles. The second-order valence-corrected chi connectivity index (χ2v) is 11.6. The van der Waals surface area contributed by atoms with E-state index in [1.807, 2.05) is 48.5 Å². The number of carbonyl (C=O) groups excluding carboxylic acids is 3. The summed E-state index contributed by atoms with van der Waals surface area (Å²) >= 11 is 1.58. The Morgan fingerprint density at radius 2 is 1.68 bits per heavy atom. The molecule has 3 amide bonds. The fourth-order valence-electron chi connectivity index (χ4n) is 4.70. The topological polar surface area (TPSA) is 99.2 Å². The molecule has 0 aromatic heterocycles. The number of amides is 3. The summed E-state index contributed by atoms with van der Waals surface area (Å²) in [6, 6.07) is 12.9. The average molecular weight is 544 g/mol. The number of aliphatic hydroxyl groups excluding tert-OH is 1. The molecule has 8 nitrogen and oxygen atoms in total. The van der Waals surface area contributed by atoms with Crippen LogP contribution in [-0.2, 0) is 14.3 Å². The summed E-state index contributed by atoms with van der Waals surface area (Å²) in [6.45, 7) is 4.33. The van der Waals surface area contributed by atoms with Gasteiger partial charge in [0.25, 0.3) is 0 Å². The number of benzene rings is 2. The van der Waals surface area contributed by atoms with Crippen LogP contribution >= 0.6 is 11.8 Å². The maximum absolute atomic E-state index is 14.1. The highest BCUT2D eigenvalue weighted by atomic mass is 32.2. The first-order chi connectivity index (χ1) is 18.1. The van der Waals surface area contributed by atoms with Gasteiger partial charge in [-0.2, -0.15) is 0 Å². The van der Waals surface area contributed by atoms with Gasteiger partial charge in [-0.25, -0.2) is 9.18 Å². The summed E-state index contributed by atoms with van der Waals surface area (Å²) in [5, 5.41) is 12.9. The van der Waals surface area contributed by atoms with Crippen LogP contribution < -0.4 is 10.2 Å². The van der Waals surface area contributed by atoms with E-state index in [2.05, 4.69) is 5.32 Å². The number of hydrogen-bond acceptors (Lipinski definition) is 6. The molecule has 0 spiro atoms. The zero-order valence-corrected chi connectivity index (χ0v) is 22.7. The average Bonchev–Trinajstić information content (AvgIpc) is 2.89. The van der Waals surface area contributed by atoms with Crippen LogP contribution in [0.25, 0.3) is 0 Å². The standard InChI is InChI=1S/C28H34FN3O5S/c1-28(2,3)37-25(34)16-18(22(33)17-29)30-26(35)21-12-8-9-15-31(21)27(36)32-19-10-4-6-13-23(19)38-24-14-7-5-11-20(24)32/h4-7,10-11,13-14,18,21-22,33H,8-9,12,15-17H2,1-3H3,(H,30,35)/t18-,21-,22+/m0/s1. The second kappa shape index (κ2) is 11.7. The van der Waals surface area contributed by atoms with Crippen molar-refractivity contribution in [1.82, 2.24) is 10.2 Å². The molecule has 2 aliphatic heterocycles. The predicted octanol–water partition coefficient (Wildman–Crippen LogP) is 4.81. The first-order valence-electron chi connectivity index (χ1n) is 12.8. The van der Waals surface area contributed by atoms with Gasteiger partial charge in [-0.1, -0.05) is 36.0 Å². The fraction of sp³-hybridized carbons (Fsp3) is 0.464. The number of rotatable bonds is 6. The molecule has 10 heteroatoms. The Hall–Kier alpha value is -3.11. The number of halogens is 1. The van der Waals surface area contributed by atoms with E-state index in [-0.39, 0.29) is 6.03 Å². The number of carbonyl (C=O) groups is 3. The number of ether oxygens (including phenoxy) is 1. The number of aliphatic hydroxyl groups is 1. The van der Waals surface area contributed by atoms with Crippen molar-refractivity contribution >= 4 is 41.0 Å². The van der Waals surface area contributed by atoms with Crippen LogP contribution in [0, 0.1) is 0 Å². The first-order valence-corrected chi connectivity index (χ1v) is 13.6. The molecular formula is C28H34FN3O5S. The Bertz CT molecular complexity index is 1140. The number of fused-ring (bicyclic) bond motifs is 2. The highest BCUT2D eigenvalue weighted by Gasteiger charge is 2.39. The Kier molecular flexibility index (Phi) is 8.62. The first kappa shape index (κ1) is 27.9. The third-order valence-corrected chi connectivity index (χ3v) is 7.56. The molecule has 2 aliphatic rings. The predicted molar refractivity (Wildman–Crippen MR) is 143 cm³/mol. The minimum Gasteiger partial charge on any atom is -0.460 e. The maximum Gasteiger partial charge on any atom is 0.329 e. The van der Waals surface area contributed by atoms with Crippen LogP contribution in [0.1, 0.15) is 46.5 Å². The molecule has 4 rings (SSSR count). The largest absolute Gasteiger partial charge is 0.460 e. The summed E-state index contributed by atoms with van der Waals surface area (Å²) in [6.07, 6.45) is -0.104. The number of likely N-dealkylation sites (tertiary alicyclic amines) is 1. The lowest BCUT2D eigenvalue weighted by Gasteiger charge is -2.40. The summed E-state index contributed by atoms with van der Waals surface area (Å²) in [7, 11) is 0. The third kappa shape index (κ3) is 6.30. The van der Waals surface area contributed by atoms with Gasteiger partial charge in [0.2, 0.25) is 5.91 Å². The van der Waals surface area contributed by atoms with Gasteiger partial charge in [0.05, 0.1) is 23.8 Å². The normalized spacial score (nSPS) is 18.6. The van der Waals surface area contributed by atoms with E-state index in [9.17, 15) is 23.9 Å². The Morgan fingerprint density at radius 3 is 2.26 bits per heavy atom. The lowest BCUT2D eigenvalue weighted by Crippen LogP contribution is -2.58. The van der Waals surface area contributed by atoms with Crippen molar-refractivity contribution in [1.29, 1.82) is 0 Å². The number of nitrogens with zero attached hydrogens (tertiary/aromatic N) is 2. The van der Waals surface area contributed by atoms with Gasteiger partial charge in [-0.15, -0.1) is 0 Å². The van der Waals surface area contributed by atoms with Crippen LogP contribution in [0.2, 0.25) is 0 Å². The molecule has 0 unspecified atom stereocenters. The summed E-state index contributed by atoms with van der Waals surface area (Å²) in [4.78, 5) is 45.0. The van der Waals surface area contributed by atoms with Gasteiger partial charge in [-0.3, -0.25) is 14.5 Å². The number of anilines is 2. The second-order valence-electron chi connectivity index (χ2n) is 10.5. The zero-order valence-electron chi connectivity index (χ0n) is 21.9. The third-order valence-electron chi connectivity index (χ3n) is 6.43. The maximum atomic E-state index is 14.1. The SMILES string of the molecule is CC(C)(C)OC(=O)C[C@H](NC(=O)[C@@H]1CCCCN1C(=O)N1c2ccccc2Sc2ccccc21)[C@H](O)CF. The van der Waals surface area contributed by atoms with E-state index < -0.39 is 48.8 Å². The van der Waals surface area contributed by atoms with Crippen LogP contribution in [0.4, 0.5) is 20.6 Å². The molecule has 2 aromatic carbocycles. The van der Waals surface area contributed by atoms with Crippen molar-refractivity contribution in [3.05, 3.63) is 48.5 Å². The van der Waals surface area contributed by atoms with E-state index in [0.717, 1.165) is 34.0 Å². The molecule has 2 N–H and O–H groups in total. The number of alkyl halides is 1. The summed E-state index contributed by atoms with van der Waals surface area (Å²) < 4.78 is 18.7. The smallest absolute Gasteiger partial charge is 0.329 e. The number of urea groups is 1. The lowest BCUT2D eigenvalue weighted by atomic mass is 10.00. The van der Waals surface area contributed by atoms with Crippen LogP contribution in [0.5, 0.6) is 0 Å². The van der Waals surface area contributed by atoms with Crippen molar-refractivity contribution < 1.29 is 28.6 Å². The molecular weight excluding hydrogens is 509 g/mol. The molecule has 0 bridgehead atoms. The molecule has 0 aliphatic carbocycles. The van der Waals surface area contributed by atoms with Crippen LogP contribution in [-0.4, -0.2) is 64.9 Å². The Labute approximate surface area is 226 Å². The molecule has 2 heterocycles. The van der Waals surface area contributed by atoms with Crippen molar-refractivity contribution in [2.45, 2.75) is 80.0 Å². The Balaban J connectivity index is 1.57. The Morgan fingerprint density at radius 1 is 1.08 bits per heavy atom. The highest BCUT2D eigenvalue weighted by molar-refractivity contribution is 7.99. The zero-order chi connectivity index (χ0) is 27.4. The van der Waals surface area contributed by atoms with Gasteiger partial charge in [0.15, 0.2) is 0 Å². The molecule has 0 radical (unpaired) electrons. The molecule has 0 saturated carbocycles. The minimum absolute atomic E-state index is 0.334. The van der Waals surface area contributed by atoms with Crippen molar-refractivity contribution in [3.8, 4) is 0 Å². The molecule has 38 heavy (non-hydrogen) atoms. The van der Waals surface area contributed by atoms with Gasteiger partial charge >= 0.3 is 12.0 Å². The molecule has 204 valence electrons. The van der Waals surface area contributed by atoms with Gasteiger partial charge in [0.1, 0.15) is 24.4 Å². The molecule has 1 fully saturated rings. The van der Waals surface area contributed by atoms with E-state index in [1.54, 1.807) is 37.4 Å². The minimum atomic E-state index is -1.59. The number of piperidine rings is 1. The van der Waals surface area contributed by atoms with E-state index >= 15 is 0 Å². The molecule has 3 atom stereocenters. The molecule has 2 aromatic rings. The number of nitrogens with one attached hydrogen (secondary N) is 1. The quantitative estimate of drug-likeness (QED) is 0.508.